The number of ketones is 1. The summed E-state index contributed by atoms with van der Waals surface area (Å²) >= 11 is 0. The lowest BCUT2D eigenvalue weighted by atomic mass is 9.86. The number of hydrogen-bond donors (Lipinski definition) is 0. The van der Waals surface area contributed by atoms with Gasteiger partial charge in [0.15, 0.2) is 11.4 Å². The van der Waals surface area contributed by atoms with Crippen LogP contribution >= 0.6 is 0 Å². The molecule has 0 spiro atoms. The van der Waals surface area contributed by atoms with Crippen LogP contribution in [0.4, 0.5) is 0 Å². The van der Waals surface area contributed by atoms with Crippen LogP contribution in [0.2, 0.25) is 0 Å². The zero-order chi connectivity index (χ0) is 8.98. The first kappa shape index (κ1) is 7.99. The number of Topliss-reactive ketones (excluding diaryl/α,β-unsaturated/α-hetero) is 1. The maximum Gasteiger partial charge on any atom is 0.168 e. The molecule has 2 rings (SSSR count). The molecule has 0 N–H and O–H groups in total. The molecular formula is C10H14O2. The highest BCUT2D eigenvalue weighted by Crippen LogP contribution is 2.44. The summed E-state index contributed by atoms with van der Waals surface area (Å²) in [5.74, 6) is 0.238. The number of carbonyl (C=O) groups is 1. The van der Waals surface area contributed by atoms with Gasteiger partial charge < -0.3 is 4.74 Å². The third-order valence-corrected chi connectivity index (χ3v) is 2.75. The van der Waals surface area contributed by atoms with Crippen molar-refractivity contribution in [2.75, 3.05) is 0 Å². The zero-order valence-electron chi connectivity index (χ0n) is 7.76. The smallest absolute Gasteiger partial charge is 0.168 e. The molecule has 2 aliphatic rings. The Kier molecular flexibility index (Phi) is 1.33. The molecule has 0 aromatic rings. The summed E-state index contributed by atoms with van der Waals surface area (Å²) in [6.45, 7) is 6.04. The number of carbonyl (C=O) groups excluding carboxylic acids is 1. The number of epoxide rings is 1. The molecule has 66 valence electrons. The number of fused-ring (bicyclic) bond motifs is 1. The van der Waals surface area contributed by atoms with Gasteiger partial charge in [0.05, 0.1) is 0 Å². The van der Waals surface area contributed by atoms with Crippen LogP contribution in [0.25, 0.3) is 0 Å². The molecule has 0 aromatic heterocycles. The van der Waals surface area contributed by atoms with Gasteiger partial charge >= 0.3 is 0 Å². The van der Waals surface area contributed by atoms with E-state index in [-0.39, 0.29) is 17.3 Å². The maximum absolute atomic E-state index is 11.6. The quantitative estimate of drug-likeness (QED) is 0.405. The van der Waals surface area contributed by atoms with Crippen molar-refractivity contribution in [3.05, 3.63) is 12.2 Å². The van der Waals surface area contributed by atoms with Gasteiger partial charge in [0.2, 0.25) is 0 Å². The molecule has 2 atom stereocenters. The zero-order valence-corrected chi connectivity index (χ0v) is 7.76. The molecule has 12 heavy (non-hydrogen) atoms. The number of rotatable bonds is 0. The lowest BCUT2D eigenvalue weighted by molar-refractivity contribution is -0.124. The molecule has 0 amide bonds. The Bertz CT molecular complexity index is 265. The average Bonchev–Trinajstić information content (AvgIpc) is 2.58. The fraction of sp³-hybridized carbons (Fsp3) is 0.700. The molecule has 0 bridgehead atoms. The predicted octanol–water partition coefficient (Wildman–Crippen LogP) is 1.70. The predicted molar refractivity (Wildman–Crippen MR) is 45.8 cm³/mol. The lowest BCUT2D eigenvalue weighted by Crippen LogP contribution is -2.25. The Morgan fingerprint density at radius 3 is 2.83 bits per heavy atom. The monoisotopic (exact) mass is 166 g/mol. The van der Waals surface area contributed by atoms with Crippen molar-refractivity contribution in [3.8, 4) is 0 Å². The minimum absolute atomic E-state index is 0.0108. The Balaban J connectivity index is 2.29. The first-order chi connectivity index (χ1) is 5.44. The van der Waals surface area contributed by atoms with Crippen LogP contribution in [0.15, 0.2) is 12.2 Å². The van der Waals surface area contributed by atoms with Crippen molar-refractivity contribution in [2.24, 2.45) is 5.41 Å². The van der Waals surface area contributed by atoms with Crippen molar-refractivity contribution in [2.45, 2.75) is 38.9 Å². The van der Waals surface area contributed by atoms with Gasteiger partial charge in [0.25, 0.3) is 0 Å². The van der Waals surface area contributed by atoms with E-state index >= 15 is 0 Å². The molecule has 2 nitrogen and oxygen atoms in total. The van der Waals surface area contributed by atoms with Crippen LogP contribution in [-0.4, -0.2) is 17.5 Å². The van der Waals surface area contributed by atoms with Crippen molar-refractivity contribution in [1.82, 2.24) is 0 Å². The summed E-state index contributed by atoms with van der Waals surface area (Å²) in [5.41, 5.74) is -0.471. The van der Waals surface area contributed by atoms with Crippen LogP contribution in [0, 0.1) is 5.41 Å². The van der Waals surface area contributed by atoms with E-state index in [1.165, 1.54) is 0 Å². The van der Waals surface area contributed by atoms with E-state index in [2.05, 4.69) is 19.9 Å². The Hall–Kier alpha value is -0.630. The molecule has 1 aliphatic carbocycles. The Labute approximate surface area is 72.6 Å². The Morgan fingerprint density at radius 1 is 1.50 bits per heavy atom. The third-order valence-electron chi connectivity index (χ3n) is 2.75. The van der Waals surface area contributed by atoms with Crippen LogP contribution in [0.3, 0.4) is 0 Å². The van der Waals surface area contributed by atoms with E-state index in [0.717, 1.165) is 0 Å². The molecule has 2 heteroatoms. The van der Waals surface area contributed by atoms with Gasteiger partial charge in [-0.05, 0) is 12.3 Å². The van der Waals surface area contributed by atoms with Gasteiger partial charge in [-0.25, -0.2) is 0 Å². The third kappa shape index (κ3) is 1.02. The van der Waals surface area contributed by atoms with Gasteiger partial charge in [-0.15, -0.1) is 0 Å². The highest BCUT2D eigenvalue weighted by atomic mass is 16.6. The topological polar surface area (TPSA) is 29.6 Å². The van der Waals surface area contributed by atoms with E-state index in [1.807, 2.05) is 13.0 Å². The van der Waals surface area contributed by atoms with Crippen LogP contribution in [-0.2, 0) is 9.53 Å². The lowest BCUT2D eigenvalue weighted by Gasteiger charge is -2.18. The summed E-state index contributed by atoms with van der Waals surface area (Å²) < 4.78 is 5.31. The molecule has 1 saturated heterocycles. The average molecular weight is 166 g/mol. The second-order valence-corrected chi connectivity index (χ2v) is 4.59. The molecule has 0 unspecified atom stereocenters. The maximum atomic E-state index is 11.6. The van der Waals surface area contributed by atoms with E-state index in [4.69, 9.17) is 4.74 Å². The summed E-state index contributed by atoms with van der Waals surface area (Å²) in [4.78, 5) is 11.6. The molecule has 1 aliphatic heterocycles. The second-order valence-electron chi connectivity index (χ2n) is 4.59. The van der Waals surface area contributed by atoms with Crippen molar-refractivity contribution < 1.29 is 9.53 Å². The van der Waals surface area contributed by atoms with Gasteiger partial charge in [-0.1, -0.05) is 26.0 Å². The molecule has 0 radical (unpaired) electrons. The summed E-state index contributed by atoms with van der Waals surface area (Å²) in [7, 11) is 0. The largest absolute Gasteiger partial charge is 0.354 e. The molecular weight excluding hydrogens is 152 g/mol. The number of hydrogen-bond acceptors (Lipinski definition) is 2. The van der Waals surface area contributed by atoms with Gasteiger partial charge in [0.1, 0.15) is 6.10 Å². The molecule has 0 saturated carbocycles. The van der Waals surface area contributed by atoms with E-state index in [0.29, 0.717) is 6.42 Å². The first-order valence-electron chi connectivity index (χ1n) is 4.35. The summed E-state index contributed by atoms with van der Waals surface area (Å²) in [5, 5.41) is 0. The van der Waals surface area contributed by atoms with Crippen LogP contribution < -0.4 is 0 Å². The second kappa shape index (κ2) is 1.99. The van der Waals surface area contributed by atoms with Gasteiger partial charge in [0, 0.05) is 6.42 Å². The highest BCUT2D eigenvalue weighted by Gasteiger charge is 2.58. The highest BCUT2D eigenvalue weighted by molar-refractivity contribution is 5.91. The fourth-order valence-corrected chi connectivity index (χ4v) is 1.67. The van der Waals surface area contributed by atoms with E-state index < -0.39 is 5.60 Å². The summed E-state index contributed by atoms with van der Waals surface area (Å²) in [6, 6.07) is 0. The van der Waals surface area contributed by atoms with Gasteiger partial charge in [-0.2, -0.15) is 0 Å². The SMILES string of the molecule is CC1(C)C=C[C@H]2O[C@@]2(C)C(=O)C1. The normalized spacial score (nSPS) is 43.6. The molecule has 1 fully saturated rings. The van der Waals surface area contributed by atoms with E-state index in [1.54, 1.807) is 0 Å². The number of ether oxygens (including phenoxy) is 1. The van der Waals surface area contributed by atoms with Gasteiger partial charge in [-0.3, -0.25) is 4.79 Å². The van der Waals surface area contributed by atoms with Crippen molar-refractivity contribution >= 4 is 5.78 Å². The minimum Gasteiger partial charge on any atom is -0.354 e. The first-order valence-corrected chi connectivity index (χ1v) is 4.35. The van der Waals surface area contributed by atoms with Crippen molar-refractivity contribution in [1.29, 1.82) is 0 Å². The number of allylic oxidation sites excluding steroid dienone is 1. The standard InChI is InChI=1S/C10H14O2/c1-9(2)5-4-8-10(3,12-8)7(11)6-9/h4-5,8H,6H2,1-3H3/t8-,10+/m1/s1. The van der Waals surface area contributed by atoms with Crippen LogP contribution in [0.1, 0.15) is 27.2 Å². The fourth-order valence-electron chi connectivity index (χ4n) is 1.67. The van der Waals surface area contributed by atoms with Crippen LogP contribution in [0.5, 0.6) is 0 Å². The minimum atomic E-state index is -0.482. The molecule has 1 heterocycles. The molecule has 0 aromatic carbocycles. The summed E-state index contributed by atoms with van der Waals surface area (Å²) in [6.07, 6.45) is 4.75. The van der Waals surface area contributed by atoms with Crippen molar-refractivity contribution in [3.63, 3.8) is 0 Å². The Morgan fingerprint density at radius 2 is 2.17 bits per heavy atom. The van der Waals surface area contributed by atoms with E-state index in [9.17, 15) is 4.79 Å².